The molecule has 0 bridgehead atoms. The first-order valence-electron chi connectivity index (χ1n) is 7.96. The Labute approximate surface area is 154 Å². The number of amides is 1. The number of hydrogen-bond acceptors (Lipinski definition) is 3. The van der Waals surface area contributed by atoms with Gasteiger partial charge in [0.05, 0.1) is 24.9 Å². The first kappa shape index (κ1) is 20.1. The molecule has 6 nitrogen and oxygen atoms in total. The third kappa shape index (κ3) is 5.91. The monoisotopic (exact) mass is 380 g/mol. The quantitative estimate of drug-likeness (QED) is 0.408. The summed E-state index contributed by atoms with van der Waals surface area (Å²) in [6.07, 6.45) is -4.43. The molecule has 0 saturated carbocycles. The van der Waals surface area contributed by atoms with E-state index in [1.807, 2.05) is 12.1 Å². The molecule has 2 aromatic rings. The van der Waals surface area contributed by atoms with Gasteiger partial charge >= 0.3 is 6.18 Å². The molecule has 0 aliphatic rings. The van der Waals surface area contributed by atoms with Crippen molar-refractivity contribution < 1.29 is 22.7 Å². The lowest BCUT2D eigenvalue weighted by atomic mass is 10.1. The van der Waals surface area contributed by atoms with Gasteiger partial charge in [0.1, 0.15) is 5.75 Å². The fraction of sp³-hybridized carbons (Fsp3) is 0.222. The molecule has 9 heteroatoms. The Hall–Kier alpha value is -3.23. The fourth-order valence-electron chi connectivity index (χ4n) is 2.18. The third-order valence-electron chi connectivity index (χ3n) is 3.52. The van der Waals surface area contributed by atoms with Crippen LogP contribution in [0.5, 0.6) is 5.75 Å². The van der Waals surface area contributed by atoms with Crippen LogP contribution in [0.4, 0.5) is 18.9 Å². The number of alkyl halides is 3. The van der Waals surface area contributed by atoms with E-state index < -0.39 is 17.6 Å². The summed E-state index contributed by atoms with van der Waals surface area (Å²) in [4.78, 5) is 16.0. The summed E-state index contributed by atoms with van der Waals surface area (Å²) in [6.45, 7) is 0.370. The molecule has 0 fully saturated rings. The summed E-state index contributed by atoms with van der Waals surface area (Å²) in [5.41, 5.74) is 5.75. The van der Waals surface area contributed by atoms with Gasteiger partial charge in [0.25, 0.3) is 5.91 Å². The molecule has 0 spiro atoms. The maximum atomic E-state index is 12.5. The predicted octanol–water partition coefficient (Wildman–Crippen LogP) is 2.87. The van der Waals surface area contributed by atoms with Crippen molar-refractivity contribution in [3.63, 3.8) is 0 Å². The van der Waals surface area contributed by atoms with Gasteiger partial charge in [-0.25, -0.2) is 0 Å². The number of para-hydroxylation sites is 2. The van der Waals surface area contributed by atoms with Gasteiger partial charge in [-0.2, -0.15) is 13.2 Å². The molecule has 1 amide bonds. The van der Waals surface area contributed by atoms with Crippen LogP contribution >= 0.6 is 0 Å². The number of nitrogens with one attached hydrogen (secondary N) is 2. The zero-order valence-corrected chi connectivity index (χ0v) is 14.5. The number of rotatable bonds is 6. The number of aliphatic imine (C=N–C) groups is 1. The normalized spacial score (nSPS) is 11.8. The number of anilines is 1. The number of carbonyl (C=O) groups excluding carboxylic acids is 1. The topological polar surface area (TPSA) is 88.7 Å². The lowest BCUT2D eigenvalue weighted by Gasteiger charge is -2.10. The van der Waals surface area contributed by atoms with Crippen molar-refractivity contribution in [3.8, 4) is 5.75 Å². The number of methoxy groups -OCH3 is 1. The van der Waals surface area contributed by atoms with Crippen LogP contribution in [0.2, 0.25) is 0 Å². The van der Waals surface area contributed by atoms with Gasteiger partial charge in [0, 0.05) is 12.1 Å². The molecule has 0 atom stereocenters. The first-order chi connectivity index (χ1) is 12.8. The van der Waals surface area contributed by atoms with Crippen LogP contribution in [-0.4, -0.2) is 32.1 Å². The summed E-state index contributed by atoms with van der Waals surface area (Å²) in [5, 5.41) is 5.45. The number of carbonyl (C=O) groups is 1. The number of halogens is 3. The fourth-order valence-corrected chi connectivity index (χ4v) is 2.18. The molecule has 144 valence electrons. The molecular formula is C18H19F3N4O2. The molecule has 0 aromatic heterocycles. The Morgan fingerprint density at radius 2 is 1.81 bits per heavy atom. The SMILES string of the molecule is COc1ccccc1NC(N)=NCCNC(=O)c1ccc(C(F)(F)F)cc1. The van der Waals surface area contributed by atoms with Crippen molar-refractivity contribution >= 4 is 17.6 Å². The first-order valence-corrected chi connectivity index (χ1v) is 7.96. The summed E-state index contributed by atoms with van der Waals surface area (Å²) in [5.74, 6) is 0.254. The highest BCUT2D eigenvalue weighted by Crippen LogP contribution is 2.29. The molecular weight excluding hydrogens is 361 g/mol. The van der Waals surface area contributed by atoms with Gasteiger partial charge in [0.2, 0.25) is 0 Å². The molecule has 0 saturated heterocycles. The largest absolute Gasteiger partial charge is 0.495 e. The average Bonchev–Trinajstić information content (AvgIpc) is 2.65. The molecule has 4 N–H and O–H groups in total. The van der Waals surface area contributed by atoms with Gasteiger partial charge in [-0.1, -0.05) is 12.1 Å². The Kier molecular flexibility index (Phi) is 6.64. The number of guanidine groups is 1. The van der Waals surface area contributed by atoms with E-state index in [0.717, 1.165) is 24.3 Å². The Bertz CT molecular complexity index is 805. The number of nitrogens with two attached hydrogens (primary N) is 1. The predicted molar refractivity (Wildman–Crippen MR) is 96.9 cm³/mol. The minimum atomic E-state index is -4.43. The van der Waals surface area contributed by atoms with Gasteiger partial charge in [-0.15, -0.1) is 0 Å². The summed E-state index contributed by atoms with van der Waals surface area (Å²) < 4.78 is 42.7. The van der Waals surface area contributed by atoms with Crippen molar-refractivity contribution in [3.05, 3.63) is 59.7 Å². The Balaban J connectivity index is 1.83. The van der Waals surface area contributed by atoms with E-state index in [-0.39, 0.29) is 24.6 Å². The van der Waals surface area contributed by atoms with E-state index in [4.69, 9.17) is 10.5 Å². The highest BCUT2D eigenvalue weighted by Gasteiger charge is 2.30. The van der Waals surface area contributed by atoms with Crippen LogP contribution in [-0.2, 0) is 6.18 Å². The van der Waals surface area contributed by atoms with Gasteiger partial charge < -0.3 is 21.1 Å². The van der Waals surface area contributed by atoms with E-state index in [2.05, 4.69) is 15.6 Å². The van der Waals surface area contributed by atoms with Crippen LogP contribution in [0.15, 0.2) is 53.5 Å². The van der Waals surface area contributed by atoms with Gasteiger partial charge in [-0.05, 0) is 36.4 Å². The third-order valence-corrected chi connectivity index (χ3v) is 3.52. The molecule has 0 radical (unpaired) electrons. The van der Waals surface area contributed by atoms with Crippen molar-refractivity contribution in [2.75, 3.05) is 25.5 Å². The zero-order chi connectivity index (χ0) is 19.9. The molecule has 27 heavy (non-hydrogen) atoms. The van der Waals surface area contributed by atoms with Crippen LogP contribution < -0.4 is 21.1 Å². The molecule has 0 aliphatic heterocycles. The summed E-state index contributed by atoms with van der Waals surface area (Å²) >= 11 is 0. The number of ether oxygens (including phenoxy) is 1. The van der Waals surface area contributed by atoms with Gasteiger partial charge in [0.15, 0.2) is 5.96 Å². The minimum absolute atomic E-state index is 0.132. The van der Waals surface area contributed by atoms with Crippen LogP contribution in [0.25, 0.3) is 0 Å². The standard InChI is InChI=1S/C18H19F3N4O2/c1-27-15-5-3-2-4-14(15)25-17(22)24-11-10-23-16(26)12-6-8-13(9-7-12)18(19,20)21/h2-9H,10-11H2,1H3,(H,23,26)(H3,22,24,25). The number of nitrogens with zero attached hydrogens (tertiary/aromatic N) is 1. The average molecular weight is 380 g/mol. The number of benzene rings is 2. The van der Waals surface area contributed by atoms with Crippen molar-refractivity contribution in [2.45, 2.75) is 6.18 Å². The maximum Gasteiger partial charge on any atom is 0.416 e. The van der Waals surface area contributed by atoms with E-state index >= 15 is 0 Å². The van der Waals surface area contributed by atoms with E-state index in [9.17, 15) is 18.0 Å². The molecule has 2 aromatic carbocycles. The maximum absolute atomic E-state index is 12.5. The highest BCUT2D eigenvalue weighted by atomic mass is 19.4. The number of hydrogen-bond donors (Lipinski definition) is 3. The lowest BCUT2D eigenvalue weighted by molar-refractivity contribution is -0.137. The van der Waals surface area contributed by atoms with Crippen molar-refractivity contribution in [2.24, 2.45) is 10.7 Å². The molecule has 0 heterocycles. The minimum Gasteiger partial charge on any atom is -0.495 e. The molecule has 0 unspecified atom stereocenters. The van der Waals surface area contributed by atoms with E-state index in [1.54, 1.807) is 12.1 Å². The smallest absolute Gasteiger partial charge is 0.416 e. The van der Waals surface area contributed by atoms with Crippen LogP contribution in [0, 0.1) is 0 Å². The Morgan fingerprint density at radius 1 is 1.15 bits per heavy atom. The second-order valence-corrected chi connectivity index (χ2v) is 5.42. The van der Waals surface area contributed by atoms with E-state index in [0.29, 0.717) is 11.4 Å². The van der Waals surface area contributed by atoms with Crippen molar-refractivity contribution in [1.82, 2.24) is 5.32 Å². The van der Waals surface area contributed by atoms with Gasteiger partial charge in [-0.3, -0.25) is 9.79 Å². The van der Waals surface area contributed by atoms with Crippen molar-refractivity contribution in [1.29, 1.82) is 0 Å². The zero-order valence-electron chi connectivity index (χ0n) is 14.5. The molecule has 2 rings (SSSR count). The summed E-state index contributed by atoms with van der Waals surface area (Å²) in [7, 11) is 1.53. The summed E-state index contributed by atoms with van der Waals surface area (Å²) in [6, 6.07) is 11.1. The van der Waals surface area contributed by atoms with Crippen LogP contribution in [0.1, 0.15) is 15.9 Å². The Morgan fingerprint density at radius 3 is 2.44 bits per heavy atom. The lowest BCUT2D eigenvalue weighted by Crippen LogP contribution is -2.28. The van der Waals surface area contributed by atoms with Crippen LogP contribution in [0.3, 0.4) is 0 Å². The second kappa shape index (κ2) is 8.93. The molecule has 0 aliphatic carbocycles. The second-order valence-electron chi connectivity index (χ2n) is 5.42. The van der Waals surface area contributed by atoms with E-state index in [1.165, 1.54) is 7.11 Å². The highest BCUT2D eigenvalue weighted by molar-refractivity contribution is 5.94.